The highest BCUT2D eigenvalue weighted by Gasteiger charge is 2.18. The quantitative estimate of drug-likeness (QED) is 0.577. The predicted octanol–water partition coefficient (Wildman–Crippen LogP) is 6.17. The molecule has 0 radical (unpaired) electrons. The van der Waals surface area contributed by atoms with Crippen LogP contribution in [0.2, 0.25) is 0 Å². The minimum atomic E-state index is 0.349. The minimum absolute atomic E-state index is 0.349. The summed E-state index contributed by atoms with van der Waals surface area (Å²) in [5.74, 6) is 0. The second kappa shape index (κ2) is 7.91. The van der Waals surface area contributed by atoms with Gasteiger partial charge in [0.05, 0.1) is 7.57 Å². The highest BCUT2D eigenvalue weighted by molar-refractivity contribution is 9.12. The van der Waals surface area contributed by atoms with Crippen LogP contribution in [0.15, 0.2) is 31.8 Å². The number of thiophene rings is 1. The average molecular weight is 431 g/mol. The highest BCUT2D eigenvalue weighted by atomic mass is 79.9. The predicted molar refractivity (Wildman–Crippen MR) is 100 cm³/mol. The van der Waals surface area contributed by atoms with E-state index in [1.807, 2.05) is 0 Å². The van der Waals surface area contributed by atoms with Crippen molar-refractivity contribution in [2.24, 2.45) is 0 Å². The van der Waals surface area contributed by atoms with Crippen molar-refractivity contribution in [3.63, 3.8) is 0 Å². The van der Waals surface area contributed by atoms with Gasteiger partial charge in [0.25, 0.3) is 0 Å². The van der Waals surface area contributed by atoms with E-state index in [4.69, 9.17) is 0 Å². The Balaban J connectivity index is 2.28. The molecule has 2 aromatic rings. The molecule has 0 bridgehead atoms. The summed E-state index contributed by atoms with van der Waals surface area (Å²) in [6.07, 6.45) is 2.17. The summed E-state index contributed by atoms with van der Waals surface area (Å²) in [5, 5.41) is 3.69. The van der Waals surface area contributed by atoms with Crippen molar-refractivity contribution in [2.45, 2.75) is 39.7 Å². The molecule has 1 N–H and O–H groups in total. The number of aryl methyl sites for hydroxylation is 2. The van der Waals surface area contributed by atoms with E-state index < -0.39 is 0 Å². The van der Waals surface area contributed by atoms with Gasteiger partial charge in [-0.2, -0.15) is 0 Å². The molecule has 4 heteroatoms. The van der Waals surface area contributed by atoms with E-state index in [9.17, 15) is 0 Å². The standard InChI is InChI=1S/C17H21Br2NS/c1-4-7-20-15(14-10-16(18)21-17(14)19)9-13-8-11(2)5-6-12(13)3/h5-6,8,10,15,20H,4,7,9H2,1-3H3. The molecule has 0 aliphatic carbocycles. The van der Waals surface area contributed by atoms with Crippen LogP contribution in [0.5, 0.6) is 0 Å². The third-order valence-electron chi connectivity index (χ3n) is 3.63. The maximum atomic E-state index is 3.70. The molecule has 1 aromatic heterocycles. The number of rotatable bonds is 6. The van der Waals surface area contributed by atoms with Crippen LogP contribution in [0, 0.1) is 13.8 Å². The van der Waals surface area contributed by atoms with Gasteiger partial charge in [0, 0.05) is 6.04 Å². The lowest BCUT2D eigenvalue weighted by Crippen LogP contribution is -2.24. The van der Waals surface area contributed by atoms with E-state index in [1.54, 1.807) is 11.3 Å². The van der Waals surface area contributed by atoms with Gasteiger partial charge < -0.3 is 5.32 Å². The molecule has 1 aromatic carbocycles. The fourth-order valence-corrected chi connectivity index (χ4v) is 5.42. The van der Waals surface area contributed by atoms with E-state index in [0.29, 0.717) is 6.04 Å². The zero-order chi connectivity index (χ0) is 15.4. The Bertz CT molecular complexity index is 607. The summed E-state index contributed by atoms with van der Waals surface area (Å²) in [6, 6.07) is 9.30. The molecule has 0 saturated heterocycles. The second-order valence-corrected chi connectivity index (χ2v) is 9.17. The van der Waals surface area contributed by atoms with Gasteiger partial charge in [0.15, 0.2) is 0 Å². The van der Waals surface area contributed by atoms with Crippen LogP contribution in [-0.2, 0) is 6.42 Å². The van der Waals surface area contributed by atoms with Crippen molar-refractivity contribution in [3.05, 3.63) is 54.1 Å². The lowest BCUT2D eigenvalue weighted by Gasteiger charge is -2.20. The Morgan fingerprint density at radius 3 is 2.57 bits per heavy atom. The molecular formula is C17H21Br2NS. The van der Waals surface area contributed by atoms with Crippen LogP contribution in [-0.4, -0.2) is 6.54 Å². The third kappa shape index (κ3) is 4.65. The Labute approximate surface area is 148 Å². The summed E-state index contributed by atoms with van der Waals surface area (Å²) in [7, 11) is 0. The van der Waals surface area contributed by atoms with Gasteiger partial charge in [-0.1, -0.05) is 30.7 Å². The maximum absolute atomic E-state index is 3.70. The molecule has 0 saturated carbocycles. The van der Waals surface area contributed by atoms with Crippen LogP contribution < -0.4 is 5.32 Å². The summed E-state index contributed by atoms with van der Waals surface area (Å²) >= 11 is 9.04. The van der Waals surface area contributed by atoms with E-state index in [1.165, 1.54) is 29.8 Å². The smallest absolute Gasteiger partial charge is 0.0758 e. The molecule has 1 nitrogen and oxygen atoms in total. The van der Waals surface area contributed by atoms with Gasteiger partial charge in [-0.3, -0.25) is 0 Å². The summed E-state index contributed by atoms with van der Waals surface area (Å²) in [4.78, 5) is 0. The molecule has 1 unspecified atom stereocenters. The van der Waals surface area contributed by atoms with Crippen LogP contribution >= 0.6 is 43.2 Å². The number of benzene rings is 1. The van der Waals surface area contributed by atoms with Crippen molar-refractivity contribution >= 4 is 43.2 Å². The van der Waals surface area contributed by atoms with Gasteiger partial charge in [-0.05, 0) is 87.9 Å². The summed E-state index contributed by atoms with van der Waals surface area (Å²) < 4.78 is 2.39. The first-order chi connectivity index (χ1) is 10.0. The van der Waals surface area contributed by atoms with E-state index >= 15 is 0 Å². The average Bonchev–Trinajstić information content (AvgIpc) is 2.77. The van der Waals surface area contributed by atoms with Gasteiger partial charge in [-0.15, -0.1) is 11.3 Å². The van der Waals surface area contributed by atoms with Gasteiger partial charge in [-0.25, -0.2) is 0 Å². The molecular weight excluding hydrogens is 410 g/mol. The van der Waals surface area contributed by atoms with Crippen LogP contribution in [0.4, 0.5) is 0 Å². The van der Waals surface area contributed by atoms with Gasteiger partial charge >= 0.3 is 0 Å². The number of hydrogen-bond donors (Lipinski definition) is 1. The molecule has 1 atom stereocenters. The first-order valence-corrected chi connectivity index (χ1v) is 9.65. The largest absolute Gasteiger partial charge is 0.310 e. The zero-order valence-electron chi connectivity index (χ0n) is 12.7. The van der Waals surface area contributed by atoms with Crippen molar-refractivity contribution in [1.82, 2.24) is 5.32 Å². The molecule has 0 fully saturated rings. The SMILES string of the molecule is CCCNC(Cc1cc(C)ccc1C)c1cc(Br)sc1Br. The molecule has 1 heterocycles. The topological polar surface area (TPSA) is 12.0 Å². The fourth-order valence-electron chi connectivity index (χ4n) is 2.44. The van der Waals surface area contributed by atoms with Crippen LogP contribution in [0.3, 0.4) is 0 Å². The lowest BCUT2D eigenvalue weighted by molar-refractivity contribution is 0.528. The van der Waals surface area contributed by atoms with E-state index in [-0.39, 0.29) is 0 Å². The Morgan fingerprint density at radius 1 is 1.19 bits per heavy atom. The molecule has 2 rings (SSSR count). The molecule has 0 amide bonds. The van der Waals surface area contributed by atoms with Gasteiger partial charge in [0.1, 0.15) is 0 Å². The summed E-state index contributed by atoms with van der Waals surface area (Å²) in [6.45, 7) is 7.61. The first-order valence-electron chi connectivity index (χ1n) is 7.25. The van der Waals surface area contributed by atoms with E-state index in [2.05, 4.69) is 82.2 Å². The fraction of sp³-hybridized carbons (Fsp3) is 0.412. The normalized spacial score (nSPS) is 12.6. The molecule has 21 heavy (non-hydrogen) atoms. The van der Waals surface area contributed by atoms with Crippen molar-refractivity contribution in [3.8, 4) is 0 Å². The third-order valence-corrected chi connectivity index (χ3v) is 6.01. The van der Waals surface area contributed by atoms with E-state index in [0.717, 1.165) is 19.4 Å². The van der Waals surface area contributed by atoms with Crippen LogP contribution in [0.25, 0.3) is 0 Å². The monoisotopic (exact) mass is 429 g/mol. The molecule has 114 valence electrons. The molecule has 0 aliphatic rings. The Kier molecular flexibility index (Phi) is 6.48. The second-order valence-electron chi connectivity index (χ2n) is 5.42. The van der Waals surface area contributed by atoms with Crippen molar-refractivity contribution < 1.29 is 0 Å². The number of nitrogens with one attached hydrogen (secondary N) is 1. The number of halogens is 2. The Morgan fingerprint density at radius 2 is 1.95 bits per heavy atom. The Hall–Kier alpha value is -0.160. The minimum Gasteiger partial charge on any atom is -0.310 e. The first kappa shape index (κ1) is 17.2. The number of hydrogen-bond acceptors (Lipinski definition) is 2. The van der Waals surface area contributed by atoms with Crippen molar-refractivity contribution in [2.75, 3.05) is 6.54 Å². The molecule has 0 spiro atoms. The van der Waals surface area contributed by atoms with Gasteiger partial charge in [0.2, 0.25) is 0 Å². The summed E-state index contributed by atoms with van der Waals surface area (Å²) in [5.41, 5.74) is 5.48. The zero-order valence-corrected chi connectivity index (χ0v) is 16.7. The highest BCUT2D eigenvalue weighted by Crippen LogP contribution is 2.37. The molecule has 0 aliphatic heterocycles. The van der Waals surface area contributed by atoms with Crippen molar-refractivity contribution in [1.29, 1.82) is 0 Å². The maximum Gasteiger partial charge on any atom is 0.0758 e. The lowest BCUT2D eigenvalue weighted by atomic mass is 9.96. The van der Waals surface area contributed by atoms with Crippen LogP contribution in [0.1, 0.15) is 41.6 Å².